The van der Waals surface area contributed by atoms with Crippen LogP contribution in [-0.2, 0) is 22.5 Å². The van der Waals surface area contributed by atoms with Gasteiger partial charge >= 0.3 is 0 Å². The lowest BCUT2D eigenvalue weighted by Crippen LogP contribution is -2.47. The lowest BCUT2D eigenvalue weighted by atomic mass is 10.1. The van der Waals surface area contributed by atoms with Gasteiger partial charge in [0.2, 0.25) is 11.7 Å². The Morgan fingerprint density at radius 3 is 2.56 bits per heavy atom. The minimum atomic E-state index is -0.0446. The molecule has 0 saturated carbocycles. The van der Waals surface area contributed by atoms with Crippen LogP contribution in [-0.4, -0.2) is 67.5 Å². The normalized spacial score (nSPS) is 16.9. The van der Waals surface area contributed by atoms with Crippen molar-refractivity contribution in [2.45, 2.75) is 19.1 Å². The van der Waals surface area contributed by atoms with Crippen LogP contribution in [0.3, 0.4) is 0 Å². The number of ether oxygens (including phenoxy) is 4. The van der Waals surface area contributed by atoms with E-state index in [2.05, 4.69) is 4.98 Å². The Kier molecular flexibility index (Phi) is 6.18. The van der Waals surface area contributed by atoms with Crippen LogP contribution >= 0.6 is 0 Å². The van der Waals surface area contributed by atoms with Gasteiger partial charge in [0.1, 0.15) is 0 Å². The highest BCUT2D eigenvalue weighted by atomic mass is 16.5. The number of imidazole rings is 1. The molecule has 0 bridgehead atoms. The number of aromatic nitrogens is 2. The first kappa shape index (κ1) is 19.0. The van der Waals surface area contributed by atoms with Crippen molar-refractivity contribution < 1.29 is 23.7 Å². The molecule has 1 amide bonds. The van der Waals surface area contributed by atoms with E-state index >= 15 is 0 Å². The Balaban J connectivity index is 1.67. The van der Waals surface area contributed by atoms with Gasteiger partial charge in [0.25, 0.3) is 0 Å². The lowest BCUT2D eigenvalue weighted by molar-refractivity contribution is -0.138. The molecule has 27 heavy (non-hydrogen) atoms. The van der Waals surface area contributed by atoms with Gasteiger partial charge in [-0.2, -0.15) is 0 Å². The number of carbonyl (C=O) groups is 1. The smallest absolute Gasteiger partial charge is 0.227 e. The Morgan fingerprint density at radius 1 is 1.22 bits per heavy atom. The first-order valence-electron chi connectivity index (χ1n) is 8.78. The molecule has 1 aliphatic rings. The van der Waals surface area contributed by atoms with E-state index in [1.165, 1.54) is 0 Å². The summed E-state index contributed by atoms with van der Waals surface area (Å²) >= 11 is 0. The van der Waals surface area contributed by atoms with Gasteiger partial charge in [-0.25, -0.2) is 4.98 Å². The molecule has 0 spiro atoms. The molecule has 8 heteroatoms. The van der Waals surface area contributed by atoms with Crippen molar-refractivity contribution in [2.75, 3.05) is 41.0 Å². The van der Waals surface area contributed by atoms with Crippen LogP contribution in [0.1, 0.15) is 5.56 Å². The van der Waals surface area contributed by atoms with Gasteiger partial charge in [0, 0.05) is 25.5 Å². The second-order valence-electron chi connectivity index (χ2n) is 6.30. The number of benzene rings is 1. The molecule has 0 aliphatic carbocycles. The first-order valence-corrected chi connectivity index (χ1v) is 8.78. The SMILES string of the molecule is COc1cc(CC(=O)N2CCO[C@H](Cn3ccnc3)C2)cc(OC)c1OC. The molecule has 1 aromatic carbocycles. The van der Waals surface area contributed by atoms with E-state index in [-0.39, 0.29) is 18.4 Å². The summed E-state index contributed by atoms with van der Waals surface area (Å²) in [4.78, 5) is 18.7. The lowest BCUT2D eigenvalue weighted by Gasteiger charge is -2.33. The number of hydrogen-bond donors (Lipinski definition) is 0. The molecule has 1 aliphatic heterocycles. The zero-order valence-corrected chi connectivity index (χ0v) is 15.9. The number of nitrogens with zero attached hydrogens (tertiary/aromatic N) is 3. The van der Waals surface area contributed by atoms with Crippen LogP contribution in [0.4, 0.5) is 0 Å². The fraction of sp³-hybridized carbons (Fsp3) is 0.474. The second-order valence-corrected chi connectivity index (χ2v) is 6.30. The number of rotatable bonds is 7. The number of hydrogen-bond acceptors (Lipinski definition) is 6. The minimum absolute atomic E-state index is 0.0446. The van der Waals surface area contributed by atoms with Crippen molar-refractivity contribution in [3.63, 3.8) is 0 Å². The molecular weight excluding hydrogens is 350 g/mol. The van der Waals surface area contributed by atoms with Crippen LogP contribution in [0.15, 0.2) is 30.9 Å². The summed E-state index contributed by atoms with van der Waals surface area (Å²) in [6, 6.07) is 3.62. The highest BCUT2D eigenvalue weighted by Crippen LogP contribution is 2.38. The summed E-state index contributed by atoms with van der Waals surface area (Å²) in [5.41, 5.74) is 0.812. The van der Waals surface area contributed by atoms with Gasteiger partial charge in [-0.1, -0.05) is 0 Å². The summed E-state index contributed by atoms with van der Waals surface area (Å²) < 4.78 is 23.8. The van der Waals surface area contributed by atoms with E-state index in [4.69, 9.17) is 18.9 Å². The van der Waals surface area contributed by atoms with Crippen molar-refractivity contribution >= 4 is 5.91 Å². The molecule has 146 valence electrons. The molecule has 1 fully saturated rings. The summed E-state index contributed by atoms with van der Waals surface area (Å²) in [5, 5.41) is 0. The molecule has 2 aromatic rings. The molecule has 1 saturated heterocycles. The van der Waals surface area contributed by atoms with E-state index < -0.39 is 0 Å². The first-order chi connectivity index (χ1) is 13.1. The van der Waals surface area contributed by atoms with Gasteiger partial charge in [-0.15, -0.1) is 0 Å². The van der Waals surface area contributed by atoms with Crippen LogP contribution in [0.5, 0.6) is 17.2 Å². The Labute approximate surface area is 158 Å². The van der Waals surface area contributed by atoms with E-state index in [1.807, 2.05) is 27.8 Å². The number of carbonyl (C=O) groups excluding carboxylic acids is 1. The average Bonchev–Trinajstić information content (AvgIpc) is 3.20. The van der Waals surface area contributed by atoms with Gasteiger partial charge < -0.3 is 28.4 Å². The van der Waals surface area contributed by atoms with Gasteiger partial charge in [0.15, 0.2) is 11.5 Å². The van der Waals surface area contributed by atoms with Gasteiger partial charge in [0.05, 0.1) is 53.3 Å². The summed E-state index contributed by atoms with van der Waals surface area (Å²) in [6.07, 6.45) is 5.59. The molecule has 0 N–H and O–H groups in total. The third-order valence-electron chi connectivity index (χ3n) is 4.54. The maximum absolute atomic E-state index is 12.8. The predicted molar refractivity (Wildman–Crippen MR) is 98.3 cm³/mol. The van der Waals surface area contributed by atoms with Crippen LogP contribution in [0.25, 0.3) is 0 Å². The molecule has 0 unspecified atom stereocenters. The molecule has 2 heterocycles. The quantitative estimate of drug-likeness (QED) is 0.728. The third kappa shape index (κ3) is 4.51. The maximum atomic E-state index is 12.8. The molecular formula is C19H25N3O5. The topological polar surface area (TPSA) is 75.0 Å². The molecule has 1 atom stereocenters. The number of methoxy groups -OCH3 is 3. The summed E-state index contributed by atoms with van der Waals surface area (Å²) in [5.74, 6) is 1.64. The van der Waals surface area contributed by atoms with Crippen molar-refractivity contribution in [1.82, 2.24) is 14.5 Å². The number of morpholine rings is 1. The van der Waals surface area contributed by atoms with Gasteiger partial charge in [-0.3, -0.25) is 4.79 Å². The molecule has 0 radical (unpaired) electrons. The summed E-state index contributed by atoms with van der Waals surface area (Å²) in [6.45, 7) is 2.35. The zero-order valence-electron chi connectivity index (χ0n) is 15.9. The van der Waals surface area contributed by atoms with Crippen molar-refractivity contribution in [3.05, 3.63) is 36.4 Å². The maximum Gasteiger partial charge on any atom is 0.227 e. The van der Waals surface area contributed by atoms with E-state index in [0.717, 1.165) is 5.56 Å². The molecule has 3 rings (SSSR count). The predicted octanol–water partition coefficient (Wildman–Crippen LogP) is 1.38. The Hall–Kier alpha value is -2.74. The standard InChI is InChI=1S/C19H25N3O5/c1-24-16-8-14(9-17(25-2)19(16)26-3)10-18(23)22-6-7-27-15(12-22)11-21-5-4-20-13-21/h4-5,8-9,13,15H,6-7,10-12H2,1-3H3/t15-/m1/s1. The van der Waals surface area contributed by atoms with Crippen LogP contribution in [0.2, 0.25) is 0 Å². The fourth-order valence-corrected chi connectivity index (χ4v) is 3.21. The minimum Gasteiger partial charge on any atom is -0.493 e. The molecule has 1 aromatic heterocycles. The number of amides is 1. The van der Waals surface area contributed by atoms with Crippen LogP contribution < -0.4 is 14.2 Å². The van der Waals surface area contributed by atoms with Crippen molar-refractivity contribution in [3.8, 4) is 17.2 Å². The average molecular weight is 375 g/mol. The Bertz CT molecular complexity index is 738. The fourth-order valence-electron chi connectivity index (χ4n) is 3.21. The summed E-state index contributed by atoms with van der Waals surface area (Å²) in [7, 11) is 4.68. The Morgan fingerprint density at radius 2 is 1.96 bits per heavy atom. The van der Waals surface area contributed by atoms with E-state index in [0.29, 0.717) is 43.5 Å². The second kappa shape index (κ2) is 8.77. The van der Waals surface area contributed by atoms with Crippen molar-refractivity contribution in [1.29, 1.82) is 0 Å². The highest BCUT2D eigenvalue weighted by molar-refractivity contribution is 5.79. The third-order valence-corrected chi connectivity index (χ3v) is 4.54. The van der Waals surface area contributed by atoms with E-state index in [1.54, 1.807) is 33.9 Å². The zero-order chi connectivity index (χ0) is 19.2. The monoisotopic (exact) mass is 375 g/mol. The van der Waals surface area contributed by atoms with Crippen molar-refractivity contribution in [2.24, 2.45) is 0 Å². The molecule has 8 nitrogen and oxygen atoms in total. The van der Waals surface area contributed by atoms with Gasteiger partial charge in [-0.05, 0) is 17.7 Å². The highest BCUT2D eigenvalue weighted by Gasteiger charge is 2.25. The van der Waals surface area contributed by atoms with Crippen LogP contribution in [0, 0.1) is 0 Å². The largest absolute Gasteiger partial charge is 0.493 e. The van der Waals surface area contributed by atoms with E-state index in [9.17, 15) is 4.79 Å².